The molecule has 0 saturated heterocycles. The van der Waals surface area contributed by atoms with E-state index in [0.717, 1.165) is 5.56 Å². The molecule has 3 N–H and O–H groups in total. The first-order chi connectivity index (χ1) is 7.00. The maximum Gasteiger partial charge on any atom is 0.251 e. The minimum atomic E-state index is -0.181. The summed E-state index contributed by atoms with van der Waals surface area (Å²) in [4.78, 5) is 11.6. The average molecular weight is 225 g/mol. The fourth-order valence-corrected chi connectivity index (χ4v) is 1.16. The monoisotopic (exact) mass is 224 g/mol. The van der Waals surface area contributed by atoms with Gasteiger partial charge in [-0.15, -0.1) is 0 Å². The number of nitrogens with two attached hydrogens (primary N) is 1. The number of hydrogen-bond acceptors (Lipinski definition) is 2. The van der Waals surface area contributed by atoms with Crippen LogP contribution < -0.4 is 11.1 Å². The summed E-state index contributed by atoms with van der Waals surface area (Å²) < 4.78 is 0. The van der Waals surface area contributed by atoms with Gasteiger partial charge in [-0.2, -0.15) is 0 Å². The normalized spacial score (nSPS) is 9.73. The molecular weight excluding hydrogens is 212 g/mol. The second-order valence-corrected chi connectivity index (χ2v) is 3.81. The van der Waals surface area contributed by atoms with Gasteiger partial charge in [0.2, 0.25) is 0 Å². The van der Waals surface area contributed by atoms with Crippen LogP contribution in [-0.4, -0.2) is 12.5 Å². The van der Waals surface area contributed by atoms with Crippen LogP contribution in [0, 0.1) is 6.92 Å². The molecule has 0 atom stereocenters. The molecule has 0 aliphatic rings. The number of aryl methyl sites for hydroxylation is 1. The molecule has 15 heavy (non-hydrogen) atoms. The Hall–Kier alpha value is -1.48. The van der Waals surface area contributed by atoms with Crippen LogP contribution in [0.25, 0.3) is 0 Å². The molecule has 1 aromatic rings. The van der Waals surface area contributed by atoms with Crippen LogP contribution in [0.1, 0.15) is 15.9 Å². The lowest BCUT2D eigenvalue weighted by atomic mass is 10.1. The zero-order valence-electron chi connectivity index (χ0n) is 8.51. The minimum Gasteiger partial charge on any atom is -0.399 e. The molecule has 0 heterocycles. The van der Waals surface area contributed by atoms with Gasteiger partial charge >= 0.3 is 0 Å². The van der Waals surface area contributed by atoms with Crippen LogP contribution in [0.3, 0.4) is 0 Å². The lowest BCUT2D eigenvalue weighted by Crippen LogP contribution is -2.24. The number of carbonyl (C=O) groups excluding carboxylic acids is 1. The van der Waals surface area contributed by atoms with E-state index >= 15 is 0 Å². The van der Waals surface area contributed by atoms with Crippen molar-refractivity contribution in [3.8, 4) is 0 Å². The lowest BCUT2D eigenvalue weighted by molar-refractivity contribution is 0.0957. The predicted octanol–water partition coefficient (Wildman–Crippen LogP) is 2.06. The number of carbonyl (C=O) groups is 1. The molecule has 0 saturated carbocycles. The first kappa shape index (κ1) is 11.6. The van der Waals surface area contributed by atoms with E-state index < -0.39 is 0 Å². The summed E-state index contributed by atoms with van der Waals surface area (Å²) in [5, 5.41) is 3.03. The Morgan fingerprint density at radius 3 is 2.80 bits per heavy atom. The van der Waals surface area contributed by atoms with E-state index in [1.54, 1.807) is 18.2 Å². The summed E-state index contributed by atoms with van der Waals surface area (Å²) in [7, 11) is 0. The Bertz CT molecular complexity index is 402. The molecule has 0 aliphatic heterocycles. The summed E-state index contributed by atoms with van der Waals surface area (Å²) in [5.41, 5.74) is 7.77. The largest absolute Gasteiger partial charge is 0.399 e. The molecule has 0 spiro atoms. The SMILES string of the molecule is C=C(Cl)CNC(=O)c1ccc(N)c(C)c1. The molecule has 0 aliphatic carbocycles. The molecule has 80 valence electrons. The van der Waals surface area contributed by atoms with Crippen LogP contribution in [0.2, 0.25) is 0 Å². The highest BCUT2D eigenvalue weighted by Gasteiger charge is 2.05. The Morgan fingerprint density at radius 1 is 1.60 bits per heavy atom. The molecule has 0 unspecified atom stereocenters. The topological polar surface area (TPSA) is 55.1 Å². The van der Waals surface area contributed by atoms with Gasteiger partial charge in [0.05, 0.1) is 6.54 Å². The molecule has 1 aromatic carbocycles. The Labute approximate surface area is 93.9 Å². The molecule has 1 amide bonds. The number of nitrogen functional groups attached to an aromatic ring is 1. The number of nitrogens with one attached hydrogen (secondary N) is 1. The van der Waals surface area contributed by atoms with Gasteiger partial charge in [-0.3, -0.25) is 4.79 Å². The van der Waals surface area contributed by atoms with E-state index in [0.29, 0.717) is 16.3 Å². The van der Waals surface area contributed by atoms with Crippen LogP contribution >= 0.6 is 11.6 Å². The van der Waals surface area contributed by atoms with Gasteiger partial charge in [-0.25, -0.2) is 0 Å². The molecule has 0 bridgehead atoms. The van der Waals surface area contributed by atoms with Crippen molar-refractivity contribution in [2.24, 2.45) is 0 Å². The average Bonchev–Trinajstić information content (AvgIpc) is 2.18. The van der Waals surface area contributed by atoms with Crippen molar-refractivity contribution in [1.29, 1.82) is 0 Å². The van der Waals surface area contributed by atoms with Crippen molar-refractivity contribution in [3.05, 3.63) is 40.9 Å². The van der Waals surface area contributed by atoms with Crippen LogP contribution in [0.4, 0.5) is 5.69 Å². The number of halogens is 1. The van der Waals surface area contributed by atoms with Crippen LogP contribution in [0.5, 0.6) is 0 Å². The fraction of sp³-hybridized carbons (Fsp3) is 0.182. The molecule has 0 radical (unpaired) electrons. The van der Waals surface area contributed by atoms with Crippen molar-refractivity contribution >= 4 is 23.2 Å². The highest BCUT2D eigenvalue weighted by atomic mass is 35.5. The van der Waals surface area contributed by atoms with Gasteiger partial charge in [0.1, 0.15) is 0 Å². The summed E-state index contributed by atoms with van der Waals surface area (Å²) in [6.45, 7) is 5.60. The number of benzene rings is 1. The van der Waals surface area contributed by atoms with Gasteiger partial charge in [-0.05, 0) is 30.7 Å². The predicted molar refractivity (Wildman–Crippen MR) is 62.9 cm³/mol. The maximum atomic E-state index is 11.6. The number of rotatable bonds is 3. The van der Waals surface area contributed by atoms with E-state index in [-0.39, 0.29) is 12.5 Å². The lowest BCUT2D eigenvalue weighted by Gasteiger charge is -2.06. The number of hydrogen-bond donors (Lipinski definition) is 2. The van der Waals surface area contributed by atoms with Gasteiger partial charge in [0.15, 0.2) is 0 Å². The maximum absolute atomic E-state index is 11.6. The fourth-order valence-electron chi connectivity index (χ4n) is 1.10. The molecule has 0 aromatic heterocycles. The van der Waals surface area contributed by atoms with Crippen molar-refractivity contribution in [2.75, 3.05) is 12.3 Å². The first-order valence-corrected chi connectivity index (χ1v) is 4.86. The zero-order valence-corrected chi connectivity index (χ0v) is 9.27. The summed E-state index contributed by atoms with van der Waals surface area (Å²) in [5.74, 6) is -0.181. The van der Waals surface area contributed by atoms with E-state index in [1.807, 2.05) is 6.92 Å². The molecule has 1 rings (SSSR count). The van der Waals surface area contributed by atoms with Gasteiger partial charge in [0.25, 0.3) is 5.91 Å². The van der Waals surface area contributed by atoms with E-state index in [2.05, 4.69) is 11.9 Å². The first-order valence-electron chi connectivity index (χ1n) is 4.48. The second-order valence-electron chi connectivity index (χ2n) is 3.27. The smallest absolute Gasteiger partial charge is 0.251 e. The van der Waals surface area contributed by atoms with E-state index in [9.17, 15) is 4.79 Å². The van der Waals surface area contributed by atoms with E-state index in [4.69, 9.17) is 17.3 Å². The minimum absolute atomic E-state index is 0.181. The third-order valence-electron chi connectivity index (χ3n) is 1.97. The quantitative estimate of drug-likeness (QED) is 0.773. The third-order valence-corrected chi connectivity index (χ3v) is 2.11. The Morgan fingerprint density at radius 2 is 2.27 bits per heavy atom. The second kappa shape index (κ2) is 4.84. The summed E-state index contributed by atoms with van der Waals surface area (Å²) in [6, 6.07) is 5.12. The number of anilines is 1. The van der Waals surface area contributed by atoms with E-state index in [1.165, 1.54) is 0 Å². The number of amides is 1. The highest BCUT2D eigenvalue weighted by Crippen LogP contribution is 2.12. The summed E-state index contributed by atoms with van der Waals surface area (Å²) in [6.07, 6.45) is 0. The van der Waals surface area contributed by atoms with Crippen LogP contribution in [-0.2, 0) is 0 Å². The van der Waals surface area contributed by atoms with Crippen molar-refractivity contribution in [1.82, 2.24) is 5.32 Å². The van der Waals surface area contributed by atoms with Gasteiger partial charge < -0.3 is 11.1 Å². The van der Waals surface area contributed by atoms with Crippen molar-refractivity contribution in [3.63, 3.8) is 0 Å². The highest BCUT2D eigenvalue weighted by molar-refractivity contribution is 6.29. The third kappa shape index (κ3) is 3.29. The molecule has 0 fully saturated rings. The van der Waals surface area contributed by atoms with Gasteiger partial charge in [-0.1, -0.05) is 18.2 Å². The van der Waals surface area contributed by atoms with Gasteiger partial charge in [0, 0.05) is 16.3 Å². The Kier molecular flexibility index (Phi) is 3.74. The Balaban J connectivity index is 2.74. The zero-order chi connectivity index (χ0) is 11.4. The standard InChI is InChI=1S/C11H13ClN2O/c1-7-5-9(3-4-10(7)13)11(15)14-6-8(2)12/h3-5H,2,6,13H2,1H3,(H,14,15). The molecule has 3 nitrogen and oxygen atoms in total. The van der Waals surface area contributed by atoms with Crippen molar-refractivity contribution < 1.29 is 4.79 Å². The molecular formula is C11H13ClN2O. The van der Waals surface area contributed by atoms with Crippen LogP contribution in [0.15, 0.2) is 29.8 Å². The summed E-state index contributed by atoms with van der Waals surface area (Å²) >= 11 is 5.54. The van der Waals surface area contributed by atoms with Crippen molar-refractivity contribution in [2.45, 2.75) is 6.92 Å². The molecule has 4 heteroatoms.